The Morgan fingerprint density at radius 1 is 1.45 bits per heavy atom. The second-order valence-electron chi connectivity index (χ2n) is 4.85. The number of aromatic amines is 1. The topological polar surface area (TPSA) is 115 Å². The Kier molecular flexibility index (Phi) is 3.68. The molecule has 9 heteroatoms. The molecule has 0 saturated carbocycles. The Bertz CT molecular complexity index is 603. The molecule has 2 heterocycles. The van der Waals surface area contributed by atoms with Crippen LogP contribution < -0.4 is 5.32 Å². The molecule has 20 heavy (non-hydrogen) atoms. The van der Waals surface area contributed by atoms with Gasteiger partial charge in [-0.05, 0) is 6.92 Å². The molecule has 0 radical (unpaired) electrons. The minimum absolute atomic E-state index is 0.00821. The largest absolute Gasteiger partial charge is 0.355 e. The first kappa shape index (κ1) is 14.0. The third-order valence-corrected chi connectivity index (χ3v) is 2.97. The fourth-order valence-corrected chi connectivity index (χ4v) is 1.96. The van der Waals surface area contributed by atoms with Crippen LogP contribution in [0.25, 0.3) is 0 Å². The standard InChI is InChI=1S/C11H17N7O2/c1-6(2)8-9(18(19)20)11(17(4)16-8)14-7(3)10-12-5-13-15-10/h5-7,14H,1-4H3,(H,12,13,15). The van der Waals surface area contributed by atoms with Gasteiger partial charge >= 0.3 is 5.69 Å². The van der Waals surface area contributed by atoms with Gasteiger partial charge in [-0.2, -0.15) is 10.2 Å². The highest BCUT2D eigenvalue weighted by Gasteiger charge is 2.29. The molecule has 0 saturated heterocycles. The van der Waals surface area contributed by atoms with Crippen molar-refractivity contribution in [2.75, 3.05) is 5.32 Å². The first-order valence-corrected chi connectivity index (χ1v) is 6.24. The molecule has 1 atom stereocenters. The molecule has 2 rings (SSSR count). The molecule has 0 aliphatic carbocycles. The van der Waals surface area contributed by atoms with E-state index in [2.05, 4.69) is 25.6 Å². The van der Waals surface area contributed by atoms with Crippen molar-refractivity contribution < 1.29 is 4.92 Å². The lowest BCUT2D eigenvalue weighted by molar-refractivity contribution is -0.384. The van der Waals surface area contributed by atoms with E-state index in [1.165, 1.54) is 11.0 Å². The molecule has 0 spiro atoms. The third-order valence-electron chi connectivity index (χ3n) is 2.97. The average Bonchev–Trinajstić information content (AvgIpc) is 2.97. The van der Waals surface area contributed by atoms with Crippen LogP contribution in [-0.4, -0.2) is 29.9 Å². The third kappa shape index (κ3) is 2.46. The maximum atomic E-state index is 11.3. The number of nitrogens with one attached hydrogen (secondary N) is 2. The van der Waals surface area contributed by atoms with Crippen molar-refractivity contribution in [1.29, 1.82) is 0 Å². The molecule has 108 valence electrons. The lowest BCUT2D eigenvalue weighted by atomic mass is 10.1. The van der Waals surface area contributed by atoms with Crippen LogP contribution in [0.5, 0.6) is 0 Å². The van der Waals surface area contributed by atoms with Crippen LogP contribution >= 0.6 is 0 Å². The minimum atomic E-state index is -0.405. The van der Waals surface area contributed by atoms with Crippen LogP contribution in [0.1, 0.15) is 44.2 Å². The van der Waals surface area contributed by atoms with Gasteiger partial charge in [-0.1, -0.05) is 13.8 Å². The van der Waals surface area contributed by atoms with E-state index in [1.807, 2.05) is 20.8 Å². The highest BCUT2D eigenvalue weighted by atomic mass is 16.6. The fourth-order valence-electron chi connectivity index (χ4n) is 1.96. The summed E-state index contributed by atoms with van der Waals surface area (Å²) in [4.78, 5) is 14.9. The van der Waals surface area contributed by atoms with Gasteiger partial charge in [0.05, 0.1) is 11.0 Å². The Labute approximate surface area is 115 Å². The summed E-state index contributed by atoms with van der Waals surface area (Å²) >= 11 is 0. The zero-order valence-corrected chi connectivity index (χ0v) is 11.8. The van der Waals surface area contributed by atoms with Gasteiger partial charge < -0.3 is 5.32 Å². The van der Waals surface area contributed by atoms with Crippen LogP contribution in [0.4, 0.5) is 11.5 Å². The normalized spacial score (nSPS) is 12.7. The number of rotatable bonds is 5. The number of nitro groups is 1. The molecule has 0 amide bonds. The summed E-state index contributed by atoms with van der Waals surface area (Å²) in [6.45, 7) is 5.59. The van der Waals surface area contributed by atoms with E-state index >= 15 is 0 Å². The number of H-pyrrole nitrogens is 1. The predicted molar refractivity (Wildman–Crippen MR) is 72.4 cm³/mol. The molecular weight excluding hydrogens is 262 g/mol. The second kappa shape index (κ2) is 5.27. The van der Waals surface area contributed by atoms with Crippen molar-refractivity contribution in [3.05, 3.63) is 28.0 Å². The second-order valence-corrected chi connectivity index (χ2v) is 4.85. The van der Waals surface area contributed by atoms with Crippen LogP contribution in [-0.2, 0) is 7.05 Å². The number of hydrogen-bond donors (Lipinski definition) is 2. The first-order chi connectivity index (χ1) is 9.41. The number of nitrogens with zero attached hydrogens (tertiary/aromatic N) is 5. The smallest absolute Gasteiger partial charge is 0.334 e. The Hall–Kier alpha value is -2.45. The molecule has 1 unspecified atom stereocenters. The maximum Gasteiger partial charge on any atom is 0.334 e. The summed E-state index contributed by atoms with van der Waals surface area (Å²) in [6.07, 6.45) is 1.39. The average molecular weight is 279 g/mol. The number of aromatic nitrogens is 5. The number of hydrogen-bond acceptors (Lipinski definition) is 6. The van der Waals surface area contributed by atoms with E-state index in [1.54, 1.807) is 7.05 Å². The van der Waals surface area contributed by atoms with Gasteiger partial charge in [-0.15, -0.1) is 0 Å². The van der Waals surface area contributed by atoms with E-state index in [0.29, 0.717) is 17.3 Å². The zero-order chi connectivity index (χ0) is 14.9. The first-order valence-electron chi connectivity index (χ1n) is 6.24. The molecular formula is C11H17N7O2. The van der Waals surface area contributed by atoms with Crippen molar-refractivity contribution in [2.45, 2.75) is 32.7 Å². The van der Waals surface area contributed by atoms with Crippen LogP contribution in [0, 0.1) is 10.1 Å². The summed E-state index contributed by atoms with van der Waals surface area (Å²) in [7, 11) is 1.67. The quantitative estimate of drug-likeness (QED) is 0.636. The highest BCUT2D eigenvalue weighted by Crippen LogP contribution is 2.34. The van der Waals surface area contributed by atoms with Crippen LogP contribution in [0.15, 0.2) is 6.33 Å². The Morgan fingerprint density at radius 3 is 2.65 bits per heavy atom. The molecule has 2 N–H and O–H groups in total. The summed E-state index contributed by atoms with van der Waals surface area (Å²) in [5.41, 5.74) is 0.471. The molecule has 0 aliphatic rings. The molecule has 2 aromatic heterocycles. The van der Waals surface area contributed by atoms with Gasteiger partial charge in [0.1, 0.15) is 17.8 Å². The van der Waals surface area contributed by atoms with Gasteiger partial charge in [0.15, 0.2) is 0 Å². The van der Waals surface area contributed by atoms with Crippen molar-refractivity contribution in [3.8, 4) is 0 Å². The van der Waals surface area contributed by atoms with E-state index in [-0.39, 0.29) is 17.6 Å². The monoisotopic (exact) mass is 279 g/mol. The fraction of sp³-hybridized carbons (Fsp3) is 0.545. The van der Waals surface area contributed by atoms with E-state index in [9.17, 15) is 10.1 Å². The van der Waals surface area contributed by atoms with Gasteiger partial charge in [0, 0.05) is 13.0 Å². The molecule has 0 aliphatic heterocycles. The zero-order valence-electron chi connectivity index (χ0n) is 11.8. The molecule has 0 aromatic carbocycles. The summed E-state index contributed by atoms with van der Waals surface area (Å²) in [5, 5.41) is 25.1. The summed E-state index contributed by atoms with van der Waals surface area (Å²) in [5.74, 6) is 0.937. The van der Waals surface area contributed by atoms with Crippen LogP contribution in [0.3, 0.4) is 0 Å². The molecule has 9 nitrogen and oxygen atoms in total. The van der Waals surface area contributed by atoms with Crippen molar-refractivity contribution in [1.82, 2.24) is 25.0 Å². The molecule has 0 bridgehead atoms. The summed E-state index contributed by atoms with van der Waals surface area (Å²) in [6, 6.07) is -0.244. The number of anilines is 1. The maximum absolute atomic E-state index is 11.3. The molecule has 2 aromatic rings. The summed E-state index contributed by atoms with van der Waals surface area (Å²) < 4.78 is 1.49. The van der Waals surface area contributed by atoms with Crippen molar-refractivity contribution in [3.63, 3.8) is 0 Å². The lowest BCUT2D eigenvalue weighted by Crippen LogP contribution is -2.12. The lowest BCUT2D eigenvalue weighted by Gasteiger charge is -2.11. The Balaban J connectivity index is 2.38. The van der Waals surface area contributed by atoms with E-state index < -0.39 is 4.92 Å². The SMILES string of the molecule is CC(C)c1nn(C)c(NC(C)c2ncn[nH]2)c1[N+](=O)[O-]. The van der Waals surface area contributed by atoms with Gasteiger partial charge in [0.2, 0.25) is 5.82 Å². The molecule has 0 fully saturated rings. The van der Waals surface area contributed by atoms with E-state index in [4.69, 9.17) is 0 Å². The van der Waals surface area contributed by atoms with Crippen LogP contribution in [0.2, 0.25) is 0 Å². The van der Waals surface area contributed by atoms with Crippen molar-refractivity contribution in [2.24, 2.45) is 7.05 Å². The highest BCUT2D eigenvalue weighted by molar-refractivity contribution is 5.61. The predicted octanol–water partition coefficient (Wildman–Crippen LogP) is 1.74. The Morgan fingerprint density at radius 2 is 2.15 bits per heavy atom. The van der Waals surface area contributed by atoms with Gasteiger partial charge in [-0.3, -0.25) is 15.2 Å². The minimum Gasteiger partial charge on any atom is -0.355 e. The van der Waals surface area contributed by atoms with Crippen molar-refractivity contribution >= 4 is 11.5 Å². The van der Waals surface area contributed by atoms with Gasteiger partial charge in [0.25, 0.3) is 0 Å². The van der Waals surface area contributed by atoms with Gasteiger partial charge in [-0.25, -0.2) is 9.67 Å². The van der Waals surface area contributed by atoms with E-state index in [0.717, 1.165) is 0 Å². The number of aryl methyl sites for hydroxylation is 1.